The van der Waals surface area contributed by atoms with Gasteiger partial charge in [-0.3, -0.25) is 0 Å². The SMILES string of the molecule is C1=C(/C=C\c2ccncn2)COc2ccccc21. The van der Waals surface area contributed by atoms with Crippen molar-refractivity contribution in [2.75, 3.05) is 6.61 Å². The fourth-order valence-electron chi connectivity index (χ4n) is 1.82. The minimum Gasteiger partial charge on any atom is -0.488 e. The molecule has 18 heavy (non-hydrogen) atoms. The molecule has 1 aliphatic rings. The van der Waals surface area contributed by atoms with Gasteiger partial charge in [0.1, 0.15) is 18.7 Å². The Morgan fingerprint density at radius 3 is 2.94 bits per heavy atom. The Bertz CT molecular complexity index is 603. The van der Waals surface area contributed by atoms with Gasteiger partial charge in [-0.25, -0.2) is 9.97 Å². The van der Waals surface area contributed by atoms with Crippen LogP contribution in [0.15, 0.2) is 54.5 Å². The van der Waals surface area contributed by atoms with Crippen LogP contribution in [0.2, 0.25) is 0 Å². The van der Waals surface area contributed by atoms with E-state index in [1.54, 1.807) is 12.5 Å². The summed E-state index contributed by atoms with van der Waals surface area (Å²) in [6.07, 6.45) is 9.40. The van der Waals surface area contributed by atoms with Crippen LogP contribution in [0.4, 0.5) is 0 Å². The Hall–Kier alpha value is -2.42. The molecule has 1 aromatic carbocycles. The number of hydrogen-bond donors (Lipinski definition) is 0. The highest BCUT2D eigenvalue weighted by Crippen LogP contribution is 2.26. The van der Waals surface area contributed by atoms with E-state index in [4.69, 9.17) is 4.74 Å². The Kier molecular flexibility index (Phi) is 2.88. The molecule has 0 saturated carbocycles. The van der Waals surface area contributed by atoms with E-state index in [1.807, 2.05) is 42.5 Å². The maximum Gasteiger partial charge on any atom is 0.127 e. The van der Waals surface area contributed by atoms with Crippen LogP contribution in [0.5, 0.6) is 5.75 Å². The van der Waals surface area contributed by atoms with Gasteiger partial charge < -0.3 is 4.74 Å². The molecule has 0 aliphatic carbocycles. The summed E-state index contributed by atoms with van der Waals surface area (Å²) in [5, 5.41) is 0. The van der Waals surface area contributed by atoms with Crippen molar-refractivity contribution in [3.8, 4) is 5.75 Å². The number of hydrogen-bond acceptors (Lipinski definition) is 3. The minimum absolute atomic E-state index is 0.596. The van der Waals surface area contributed by atoms with Crippen LogP contribution in [0, 0.1) is 0 Å². The molecule has 0 atom stereocenters. The lowest BCUT2D eigenvalue weighted by Gasteiger charge is -2.15. The smallest absolute Gasteiger partial charge is 0.127 e. The number of aromatic nitrogens is 2. The maximum absolute atomic E-state index is 5.67. The fraction of sp³-hybridized carbons (Fsp3) is 0.0667. The van der Waals surface area contributed by atoms with Gasteiger partial charge >= 0.3 is 0 Å². The molecule has 1 aromatic heterocycles. The molecule has 1 aliphatic heterocycles. The summed E-state index contributed by atoms with van der Waals surface area (Å²) in [5.74, 6) is 0.941. The second kappa shape index (κ2) is 4.84. The lowest BCUT2D eigenvalue weighted by molar-refractivity contribution is 0.351. The lowest BCUT2D eigenvalue weighted by Crippen LogP contribution is -2.05. The minimum atomic E-state index is 0.596. The highest BCUT2D eigenvalue weighted by Gasteiger charge is 2.07. The highest BCUT2D eigenvalue weighted by atomic mass is 16.5. The molecule has 0 unspecified atom stereocenters. The number of nitrogens with zero attached hydrogens (tertiary/aromatic N) is 2. The van der Waals surface area contributed by atoms with Crippen molar-refractivity contribution in [2.24, 2.45) is 0 Å². The summed E-state index contributed by atoms with van der Waals surface area (Å²) < 4.78 is 5.67. The number of ether oxygens (including phenoxy) is 1. The summed E-state index contributed by atoms with van der Waals surface area (Å²) in [5.41, 5.74) is 3.14. The molecule has 0 spiro atoms. The van der Waals surface area contributed by atoms with Crippen LogP contribution in [0.3, 0.4) is 0 Å². The van der Waals surface area contributed by atoms with E-state index >= 15 is 0 Å². The van der Waals surface area contributed by atoms with Gasteiger partial charge in [-0.1, -0.05) is 24.3 Å². The Labute approximate surface area is 105 Å². The molecule has 88 valence electrons. The maximum atomic E-state index is 5.67. The van der Waals surface area contributed by atoms with Crippen LogP contribution < -0.4 is 4.74 Å². The van der Waals surface area contributed by atoms with Gasteiger partial charge in [-0.05, 0) is 29.9 Å². The summed E-state index contributed by atoms with van der Waals surface area (Å²) in [6, 6.07) is 9.89. The molecule has 2 aromatic rings. The quantitative estimate of drug-likeness (QED) is 0.804. The number of rotatable bonds is 2. The van der Waals surface area contributed by atoms with Crippen molar-refractivity contribution in [1.29, 1.82) is 0 Å². The molecular weight excluding hydrogens is 224 g/mol. The molecule has 3 nitrogen and oxygen atoms in total. The van der Waals surface area contributed by atoms with E-state index in [-0.39, 0.29) is 0 Å². The van der Waals surface area contributed by atoms with E-state index in [0.29, 0.717) is 6.61 Å². The topological polar surface area (TPSA) is 35.0 Å². The number of benzene rings is 1. The molecule has 0 radical (unpaired) electrons. The first-order valence-electron chi connectivity index (χ1n) is 5.78. The lowest BCUT2D eigenvalue weighted by atomic mass is 10.1. The van der Waals surface area contributed by atoms with Crippen LogP contribution in [0.1, 0.15) is 11.3 Å². The molecule has 0 bridgehead atoms. The van der Waals surface area contributed by atoms with Crippen LogP contribution in [-0.4, -0.2) is 16.6 Å². The van der Waals surface area contributed by atoms with Crippen molar-refractivity contribution in [2.45, 2.75) is 0 Å². The van der Waals surface area contributed by atoms with E-state index in [1.165, 1.54) is 0 Å². The third-order valence-corrected chi connectivity index (χ3v) is 2.73. The molecular formula is C15H12N2O. The molecule has 0 amide bonds. The Morgan fingerprint density at radius 1 is 1.11 bits per heavy atom. The number of fused-ring (bicyclic) bond motifs is 1. The van der Waals surface area contributed by atoms with Gasteiger partial charge in [0.25, 0.3) is 0 Å². The van der Waals surface area contributed by atoms with Crippen LogP contribution in [-0.2, 0) is 0 Å². The van der Waals surface area contributed by atoms with E-state index in [0.717, 1.165) is 22.6 Å². The molecule has 3 rings (SSSR count). The summed E-state index contributed by atoms with van der Waals surface area (Å²) >= 11 is 0. The monoisotopic (exact) mass is 236 g/mol. The first-order valence-corrected chi connectivity index (χ1v) is 5.78. The zero-order chi connectivity index (χ0) is 12.2. The van der Waals surface area contributed by atoms with Gasteiger partial charge in [0, 0.05) is 11.8 Å². The van der Waals surface area contributed by atoms with E-state index in [9.17, 15) is 0 Å². The average Bonchev–Trinajstić information content (AvgIpc) is 2.46. The third kappa shape index (κ3) is 2.30. The predicted octanol–water partition coefficient (Wildman–Crippen LogP) is 2.97. The van der Waals surface area contributed by atoms with Crippen molar-refractivity contribution >= 4 is 12.2 Å². The highest BCUT2D eigenvalue weighted by molar-refractivity contribution is 5.66. The second-order valence-electron chi connectivity index (χ2n) is 4.01. The summed E-state index contributed by atoms with van der Waals surface area (Å²) in [7, 11) is 0. The molecule has 3 heteroatoms. The fourth-order valence-corrected chi connectivity index (χ4v) is 1.82. The normalized spacial score (nSPS) is 13.9. The van der Waals surface area contributed by atoms with E-state index < -0.39 is 0 Å². The van der Waals surface area contributed by atoms with Crippen molar-refractivity contribution in [1.82, 2.24) is 9.97 Å². The van der Waals surface area contributed by atoms with Gasteiger partial charge in [0.15, 0.2) is 0 Å². The van der Waals surface area contributed by atoms with Crippen LogP contribution in [0.25, 0.3) is 12.2 Å². The Balaban J connectivity index is 1.83. The zero-order valence-corrected chi connectivity index (χ0v) is 9.78. The van der Waals surface area contributed by atoms with Gasteiger partial charge in [0.2, 0.25) is 0 Å². The van der Waals surface area contributed by atoms with Crippen LogP contribution >= 0.6 is 0 Å². The number of para-hydroxylation sites is 1. The first-order chi connectivity index (χ1) is 8.92. The van der Waals surface area contributed by atoms with Crippen molar-refractivity contribution < 1.29 is 4.74 Å². The largest absolute Gasteiger partial charge is 0.488 e. The zero-order valence-electron chi connectivity index (χ0n) is 9.78. The Morgan fingerprint density at radius 2 is 2.06 bits per heavy atom. The third-order valence-electron chi connectivity index (χ3n) is 2.73. The van der Waals surface area contributed by atoms with Gasteiger partial charge in [-0.2, -0.15) is 0 Å². The standard InChI is InChI=1S/C15H12N2O/c1-2-4-15-13(3-1)9-12(10-18-15)5-6-14-7-8-16-11-17-14/h1-9,11H,10H2/b6-5-. The first kappa shape index (κ1) is 10.7. The molecule has 2 heterocycles. The molecule has 0 N–H and O–H groups in total. The van der Waals surface area contributed by atoms with Crippen molar-refractivity contribution in [3.05, 3.63) is 65.8 Å². The summed E-state index contributed by atoms with van der Waals surface area (Å²) in [4.78, 5) is 8.03. The molecule has 0 fully saturated rings. The predicted molar refractivity (Wildman–Crippen MR) is 71.0 cm³/mol. The van der Waals surface area contributed by atoms with Crippen molar-refractivity contribution in [3.63, 3.8) is 0 Å². The average molecular weight is 236 g/mol. The summed E-state index contributed by atoms with van der Waals surface area (Å²) in [6.45, 7) is 0.596. The van der Waals surface area contributed by atoms with Gasteiger partial charge in [0.05, 0.1) is 5.69 Å². The molecule has 0 saturated heterocycles. The van der Waals surface area contributed by atoms with Gasteiger partial charge in [-0.15, -0.1) is 0 Å². The van der Waals surface area contributed by atoms with E-state index in [2.05, 4.69) is 16.0 Å². The second-order valence-corrected chi connectivity index (χ2v) is 4.01.